The van der Waals surface area contributed by atoms with Crippen LogP contribution in [0.25, 0.3) is 54.7 Å². The third-order valence-electron chi connectivity index (χ3n) is 9.58. The van der Waals surface area contributed by atoms with Crippen molar-refractivity contribution < 1.29 is 35.6 Å². The monoisotopic (exact) mass is 668 g/mol. The third-order valence-corrected chi connectivity index (χ3v) is 9.58. The Balaban J connectivity index is 0.000000149. The predicted molar refractivity (Wildman–Crippen MR) is 177 cm³/mol. The van der Waals surface area contributed by atoms with Crippen molar-refractivity contribution in [2.45, 2.75) is 38.5 Å². The van der Waals surface area contributed by atoms with Gasteiger partial charge in [-0.15, -0.1) is 82.2 Å². The van der Waals surface area contributed by atoms with E-state index in [9.17, 15) is 0 Å². The van der Waals surface area contributed by atoms with Gasteiger partial charge < -0.3 is 18.5 Å². The first kappa shape index (κ1) is 30.9. The number of aromatic nitrogens is 2. The smallest absolute Gasteiger partial charge is 1.00 e. The van der Waals surface area contributed by atoms with Gasteiger partial charge in [0.25, 0.3) is 0 Å². The van der Waals surface area contributed by atoms with Crippen LogP contribution in [0.15, 0.2) is 121 Å². The molecule has 0 fully saturated rings. The normalized spacial score (nSPS) is 13.2. The molecule has 0 N–H and O–H groups in total. The predicted octanol–water partition coefficient (Wildman–Crippen LogP) is 3.99. The molecule has 2 nitrogen and oxygen atoms in total. The first-order valence-electron chi connectivity index (χ1n) is 15.4. The first-order valence-corrected chi connectivity index (χ1v) is 15.4. The van der Waals surface area contributed by atoms with E-state index in [2.05, 4.69) is 130 Å². The average molecular weight is 670 g/mol. The summed E-state index contributed by atoms with van der Waals surface area (Å²) in [4.78, 5) is 0. The fraction of sp³-hybridized carbons (Fsp3) is 0.150. The number of hydrogen-bond acceptors (Lipinski definition) is 0. The van der Waals surface area contributed by atoms with E-state index in [-0.39, 0.29) is 35.6 Å². The van der Waals surface area contributed by atoms with Crippen molar-refractivity contribution in [2.75, 3.05) is 0 Å². The quantitative estimate of drug-likeness (QED) is 0.247. The van der Waals surface area contributed by atoms with E-state index in [0.717, 1.165) is 0 Å². The minimum atomic E-state index is 0. The minimum Gasteiger partial charge on any atom is -1.00 e. The molecule has 0 saturated carbocycles. The second-order valence-corrected chi connectivity index (χ2v) is 11.9. The van der Waals surface area contributed by atoms with E-state index >= 15 is 0 Å². The summed E-state index contributed by atoms with van der Waals surface area (Å²) >= 11 is 0. The number of benzene rings is 4. The summed E-state index contributed by atoms with van der Waals surface area (Å²) in [7, 11) is 0. The van der Waals surface area contributed by atoms with Crippen molar-refractivity contribution in [2.24, 2.45) is 0 Å². The average Bonchev–Trinajstić information content (AvgIpc) is 3.86. The van der Waals surface area contributed by atoms with E-state index in [1.165, 1.54) is 105 Å². The Kier molecular flexibility index (Phi) is 8.50. The number of halogens is 2. The van der Waals surface area contributed by atoms with Crippen LogP contribution in [0.4, 0.5) is 0 Å². The van der Waals surface area contributed by atoms with Crippen molar-refractivity contribution in [3.63, 3.8) is 0 Å². The summed E-state index contributed by atoms with van der Waals surface area (Å²) in [5.41, 5.74) is 11.5. The van der Waals surface area contributed by atoms with Crippen LogP contribution in [0.2, 0.25) is 0 Å². The third kappa shape index (κ3) is 4.93. The maximum absolute atomic E-state index is 2.48. The van der Waals surface area contributed by atoms with Gasteiger partial charge >= 0.3 is 26.2 Å². The van der Waals surface area contributed by atoms with Gasteiger partial charge in [-0.3, -0.25) is 0 Å². The van der Waals surface area contributed by atoms with Crippen molar-refractivity contribution in [1.29, 1.82) is 0 Å². The second-order valence-electron chi connectivity index (χ2n) is 11.9. The zero-order valence-corrected chi connectivity index (χ0v) is 27.4. The Labute approximate surface area is 280 Å². The van der Waals surface area contributed by atoms with Gasteiger partial charge in [-0.05, 0) is 73.2 Å². The van der Waals surface area contributed by atoms with Crippen LogP contribution < -0.4 is 9.41 Å². The molecule has 10 rings (SSSR count). The summed E-state index contributed by atoms with van der Waals surface area (Å²) in [6, 6.07) is 44.2. The fourth-order valence-electron chi connectivity index (χ4n) is 7.78. The van der Waals surface area contributed by atoms with Crippen LogP contribution in [0.3, 0.4) is 0 Å². The summed E-state index contributed by atoms with van der Waals surface area (Å²) in [5, 5.41) is 8.20. The van der Waals surface area contributed by atoms with E-state index in [4.69, 9.17) is 0 Å². The molecule has 0 atom stereocenters. The van der Waals surface area contributed by atoms with E-state index in [0.29, 0.717) is 0 Å². The number of para-hydroxylation sites is 2. The molecule has 0 unspecified atom stereocenters. The Hall–Kier alpha value is -4.08. The van der Waals surface area contributed by atoms with Gasteiger partial charge in [0.05, 0.1) is 11.0 Å². The molecular formula is C40H32F2N2Zr. The van der Waals surface area contributed by atoms with Gasteiger partial charge in [0, 0.05) is 22.2 Å². The molecule has 0 amide bonds. The van der Waals surface area contributed by atoms with E-state index < -0.39 is 0 Å². The molecular weight excluding hydrogens is 638 g/mol. The number of fused-ring (bicyclic) bond motifs is 8. The van der Waals surface area contributed by atoms with Gasteiger partial charge in [0.1, 0.15) is 0 Å². The van der Waals surface area contributed by atoms with Crippen LogP contribution >= 0.6 is 0 Å². The Morgan fingerprint density at radius 2 is 0.867 bits per heavy atom. The zero-order chi connectivity index (χ0) is 27.6. The molecule has 0 radical (unpaired) electrons. The minimum absolute atomic E-state index is 0. The maximum Gasteiger partial charge on any atom is 4.00 e. The molecule has 8 aromatic rings. The summed E-state index contributed by atoms with van der Waals surface area (Å²) in [6.45, 7) is 0. The molecule has 0 spiro atoms. The zero-order valence-electron chi connectivity index (χ0n) is 24.9. The van der Waals surface area contributed by atoms with Crippen molar-refractivity contribution in [1.82, 2.24) is 9.13 Å². The second kappa shape index (κ2) is 12.4. The van der Waals surface area contributed by atoms with Crippen LogP contribution in [0.5, 0.6) is 0 Å². The SMILES string of the molecule is [F-].[F-].[Zr+4].c1ccc2[cH-]c(-n3c4c(c5ccccc53)CCC4)cc2c1.c1ccc2[cH-]c(-n3c4c(c5ccccc53)CCC4)cc2c1. The van der Waals surface area contributed by atoms with Gasteiger partial charge in [-0.1, -0.05) is 48.5 Å². The van der Waals surface area contributed by atoms with Gasteiger partial charge in [-0.25, -0.2) is 0 Å². The Morgan fingerprint density at radius 1 is 0.467 bits per heavy atom. The van der Waals surface area contributed by atoms with Crippen molar-refractivity contribution in [3.05, 3.63) is 144 Å². The fourth-order valence-corrected chi connectivity index (χ4v) is 7.78. The van der Waals surface area contributed by atoms with Crippen molar-refractivity contribution >= 4 is 43.4 Å². The molecule has 220 valence electrons. The number of nitrogens with zero attached hydrogens (tertiary/aromatic N) is 2. The Bertz CT molecular complexity index is 2050. The molecule has 0 aliphatic heterocycles. The molecule has 45 heavy (non-hydrogen) atoms. The maximum atomic E-state index is 2.48. The van der Waals surface area contributed by atoms with Gasteiger partial charge in [-0.2, -0.15) is 0 Å². The van der Waals surface area contributed by atoms with Crippen LogP contribution in [-0.2, 0) is 51.9 Å². The van der Waals surface area contributed by atoms with Gasteiger partial charge in [0.2, 0.25) is 0 Å². The topological polar surface area (TPSA) is 9.86 Å². The van der Waals surface area contributed by atoms with E-state index in [1.807, 2.05) is 0 Å². The Morgan fingerprint density at radius 3 is 1.31 bits per heavy atom. The first-order chi connectivity index (χ1) is 20.8. The number of aryl methyl sites for hydroxylation is 2. The van der Waals surface area contributed by atoms with Crippen LogP contribution in [-0.4, -0.2) is 9.13 Å². The summed E-state index contributed by atoms with van der Waals surface area (Å²) < 4.78 is 4.97. The molecule has 2 aliphatic carbocycles. The van der Waals surface area contributed by atoms with Gasteiger partial charge in [0.15, 0.2) is 0 Å². The molecule has 5 heteroatoms. The summed E-state index contributed by atoms with van der Waals surface area (Å²) in [6.07, 6.45) is 7.43. The number of hydrogen-bond donors (Lipinski definition) is 0. The van der Waals surface area contributed by atoms with Crippen LogP contribution in [0, 0.1) is 0 Å². The molecule has 2 aromatic heterocycles. The largest absolute Gasteiger partial charge is 4.00 e. The van der Waals surface area contributed by atoms with Crippen molar-refractivity contribution in [3.8, 4) is 11.4 Å². The standard InChI is InChI=1S/2C20H16N.2FH.Zr/c2*1-2-7-15-13-16(12-14(15)6-1)21-19-10-4-3-8-17(19)18-9-5-11-20(18)21;;;/h2*1-4,6-8,10,12-13H,5,9,11H2;2*1H;/q2*-1;;;+4/p-2. The molecule has 2 heterocycles. The van der Waals surface area contributed by atoms with Crippen LogP contribution in [0.1, 0.15) is 35.4 Å². The molecule has 0 saturated heterocycles. The summed E-state index contributed by atoms with van der Waals surface area (Å²) in [5.74, 6) is 0. The molecule has 0 bridgehead atoms. The number of rotatable bonds is 2. The molecule has 2 aliphatic rings. The van der Waals surface area contributed by atoms with E-state index in [1.54, 1.807) is 11.1 Å². The molecule has 6 aromatic carbocycles.